The zero-order valence-electron chi connectivity index (χ0n) is 9.91. The number of aromatic hydroxyl groups is 6. The van der Waals surface area contributed by atoms with Crippen LogP contribution in [0.4, 0.5) is 0 Å². The molecule has 108 valence electrons. The van der Waals surface area contributed by atoms with Crippen LogP contribution in [0.2, 0.25) is 0 Å². The van der Waals surface area contributed by atoms with Gasteiger partial charge in [-0.3, -0.25) is 9.59 Å². The van der Waals surface area contributed by atoms with E-state index in [2.05, 4.69) is 0 Å². The lowest BCUT2D eigenvalue weighted by molar-refractivity contribution is 0.0974. The highest BCUT2D eigenvalue weighted by molar-refractivity contribution is 7.17. The summed E-state index contributed by atoms with van der Waals surface area (Å²) in [5, 5.41) is 56.7. The van der Waals surface area contributed by atoms with E-state index in [1.165, 1.54) is 0 Å². The first-order valence-electron chi connectivity index (χ1n) is 5.41. The zero-order chi connectivity index (χ0) is 15.6. The number of carbonyl (C=O) groups is 2. The molecule has 0 spiro atoms. The molecule has 0 fully saturated rings. The number of phenols is 4. The number of phenolic OH excluding ortho intramolecular Hbond substituents is 4. The van der Waals surface area contributed by atoms with Crippen LogP contribution in [0, 0.1) is 0 Å². The van der Waals surface area contributed by atoms with Gasteiger partial charge in [0.15, 0.2) is 17.2 Å². The molecule has 6 N–H and O–H groups in total. The Hall–Kier alpha value is -2.94. The first-order chi connectivity index (χ1) is 9.77. The van der Waals surface area contributed by atoms with Crippen LogP contribution in [0.3, 0.4) is 0 Å². The van der Waals surface area contributed by atoms with Crippen LogP contribution in [-0.4, -0.2) is 42.2 Å². The van der Waals surface area contributed by atoms with Crippen LogP contribution in [0.5, 0.6) is 33.8 Å². The van der Waals surface area contributed by atoms with Gasteiger partial charge in [-0.2, -0.15) is 0 Å². The maximum atomic E-state index is 12.2. The predicted molar refractivity (Wildman–Crippen MR) is 67.6 cm³/mol. The Labute approximate surface area is 119 Å². The summed E-state index contributed by atoms with van der Waals surface area (Å²) in [5.74, 6) is -7.38. The van der Waals surface area contributed by atoms with E-state index in [4.69, 9.17) is 0 Å². The van der Waals surface area contributed by atoms with Gasteiger partial charge in [0.05, 0.1) is 21.6 Å². The average molecular weight is 310 g/mol. The minimum atomic E-state index is -1.17. The van der Waals surface area contributed by atoms with E-state index >= 15 is 0 Å². The van der Waals surface area contributed by atoms with Gasteiger partial charge in [-0.25, -0.2) is 0 Å². The van der Waals surface area contributed by atoms with Crippen molar-refractivity contribution in [2.75, 3.05) is 0 Å². The van der Waals surface area contributed by atoms with Gasteiger partial charge in [-0.05, 0) is 0 Å². The lowest BCUT2D eigenvalue weighted by Gasteiger charge is -2.18. The molecular formula is C12H6O8S. The van der Waals surface area contributed by atoms with Gasteiger partial charge in [-0.1, -0.05) is 11.3 Å². The Balaban J connectivity index is 2.47. The average Bonchev–Trinajstić information content (AvgIpc) is 2.74. The summed E-state index contributed by atoms with van der Waals surface area (Å²) in [6.45, 7) is 0. The number of rotatable bonds is 0. The minimum Gasteiger partial charge on any atom is -0.504 e. The number of ketones is 2. The van der Waals surface area contributed by atoms with E-state index < -0.39 is 62.1 Å². The standard InChI is InChI=1S/C12H6O8S/c13-4-1-2(6(15)10(19)9(18)5(1)14)7(16)11-3(4)8(17)12(20)21-11/h14-15,17-20H. The predicted octanol–water partition coefficient (Wildman–Crippen LogP) is 0.757. The number of thiophene rings is 1. The Morgan fingerprint density at radius 1 is 0.571 bits per heavy atom. The fraction of sp³-hybridized carbons (Fsp3) is 0. The quantitative estimate of drug-likeness (QED) is 0.262. The molecule has 0 radical (unpaired) electrons. The second kappa shape index (κ2) is 3.79. The van der Waals surface area contributed by atoms with Crippen LogP contribution in [0.25, 0.3) is 0 Å². The Morgan fingerprint density at radius 3 is 1.57 bits per heavy atom. The minimum absolute atomic E-state index is 0.345. The molecule has 21 heavy (non-hydrogen) atoms. The Morgan fingerprint density at radius 2 is 1.05 bits per heavy atom. The molecule has 3 rings (SSSR count). The molecule has 0 amide bonds. The second-order valence-electron chi connectivity index (χ2n) is 4.26. The Bertz CT molecular complexity index is 848. The van der Waals surface area contributed by atoms with Crippen LogP contribution >= 0.6 is 11.3 Å². The molecule has 0 saturated heterocycles. The van der Waals surface area contributed by atoms with E-state index in [1.807, 2.05) is 0 Å². The van der Waals surface area contributed by atoms with E-state index in [0.717, 1.165) is 0 Å². The number of carbonyl (C=O) groups excluding carboxylic acids is 2. The van der Waals surface area contributed by atoms with Crippen LogP contribution in [-0.2, 0) is 0 Å². The summed E-state index contributed by atoms with van der Waals surface area (Å²) in [5.41, 5.74) is -2.00. The molecule has 0 bridgehead atoms. The van der Waals surface area contributed by atoms with E-state index in [-0.39, 0.29) is 4.88 Å². The number of hydrogen-bond donors (Lipinski definition) is 6. The fourth-order valence-electron chi connectivity index (χ4n) is 2.16. The van der Waals surface area contributed by atoms with Gasteiger partial charge in [0.25, 0.3) is 0 Å². The van der Waals surface area contributed by atoms with Crippen molar-refractivity contribution in [1.29, 1.82) is 0 Å². The van der Waals surface area contributed by atoms with Crippen molar-refractivity contribution in [3.63, 3.8) is 0 Å². The number of hydrogen-bond acceptors (Lipinski definition) is 9. The van der Waals surface area contributed by atoms with Gasteiger partial charge < -0.3 is 30.6 Å². The van der Waals surface area contributed by atoms with Gasteiger partial charge in [-0.15, -0.1) is 0 Å². The lowest BCUT2D eigenvalue weighted by Crippen LogP contribution is -2.19. The third kappa shape index (κ3) is 1.37. The van der Waals surface area contributed by atoms with E-state index in [1.54, 1.807) is 0 Å². The summed E-state index contributed by atoms with van der Waals surface area (Å²) < 4.78 is 0. The molecule has 0 unspecified atom stereocenters. The third-order valence-electron chi connectivity index (χ3n) is 3.15. The van der Waals surface area contributed by atoms with Gasteiger partial charge in [0.1, 0.15) is 0 Å². The van der Waals surface area contributed by atoms with E-state index in [9.17, 15) is 40.2 Å². The first kappa shape index (κ1) is 13.1. The van der Waals surface area contributed by atoms with Crippen molar-refractivity contribution in [3.05, 3.63) is 21.6 Å². The number of fused-ring (bicyclic) bond motifs is 2. The molecule has 1 aliphatic rings. The second-order valence-corrected chi connectivity index (χ2v) is 5.26. The van der Waals surface area contributed by atoms with Crippen LogP contribution < -0.4 is 0 Å². The molecule has 8 nitrogen and oxygen atoms in total. The van der Waals surface area contributed by atoms with Crippen molar-refractivity contribution >= 4 is 22.9 Å². The largest absolute Gasteiger partial charge is 0.504 e. The molecule has 1 heterocycles. The monoisotopic (exact) mass is 310 g/mol. The molecule has 0 aliphatic heterocycles. The SMILES string of the molecule is O=C1c2sc(O)c(O)c2C(=O)c2c(O)c(O)c(O)c(O)c21. The molecule has 1 aromatic carbocycles. The molecule has 1 aromatic heterocycles. The van der Waals surface area contributed by atoms with Gasteiger partial charge in [0, 0.05) is 0 Å². The van der Waals surface area contributed by atoms with Gasteiger partial charge in [0.2, 0.25) is 28.1 Å². The summed E-state index contributed by atoms with van der Waals surface area (Å²) in [4.78, 5) is 24.1. The highest BCUT2D eigenvalue weighted by atomic mass is 32.1. The third-order valence-corrected chi connectivity index (χ3v) is 4.13. The summed E-state index contributed by atoms with van der Waals surface area (Å²) in [7, 11) is 0. The smallest absolute Gasteiger partial charge is 0.215 e. The van der Waals surface area contributed by atoms with Crippen molar-refractivity contribution < 1.29 is 40.2 Å². The summed E-state index contributed by atoms with van der Waals surface area (Å²) in [6.07, 6.45) is 0. The topological polar surface area (TPSA) is 156 Å². The van der Waals surface area contributed by atoms with Crippen molar-refractivity contribution in [1.82, 2.24) is 0 Å². The molecule has 9 heteroatoms. The van der Waals surface area contributed by atoms with Crippen LogP contribution in [0.1, 0.15) is 31.2 Å². The van der Waals surface area contributed by atoms with Crippen molar-refractivity contribution in [2.45, 2.75) is 0 Å². The maximum absolute atomic E-state index is 12.2. The molecule has 0 saturated carbocycles. The Kier molecular flexibility index (Phi) is 2.36. The first-order valence-corrected chi connectivity index (χ1v) is 6.22. The van der Waals surface area contributed by atoms with Gasteiger partial charge >= 0.3 is 0 Å². The zero-order valence-corrected chi connectivity index (χ0v) is 10.7. The molecule has 2 aromatic rings. The molecule has 0 atom stereocenters. The normalized spacial score (nSPS) is 13.1. The summed E-state index contributed by atoms with van der Waals surface area (Å²) >= 11 is 0.415. The maximum Gasteiger partial charge on any atom is 0.215 e. The van der Waals surface area contributed by atoms with Crippen molar-refractivity contribution in [2.24, 2.45) is 0 Å². The highest BCUT2D eigenvalue weighted by Crippen LogP contribution is 2.53. The molecule has 1 aliphatic carbocycles. The lowest BCUT2D eigenvalue weighted by atomic mass is 9.86. The van der Waals surface area contributed by atoms with E-state index in [0.29, 0.717) is 11.3 Å². The fourth-order valence-corrected chi connectivity index (χ4v) is 3.04. The highest BCUT2D eigenvalue weighted by Gasteiger charge is 2.42. The molecular weight excluding hydrogens is 304 g/mol. The summed E-state index contributed by atoms with van der Waals surface area (Å²) in [6, 6.07) is 0. The van der Waals surface area contributed by atoms with Crippen molar-refractivity contribution in [3.8, 4) is 33.8 Å². The number of benzene rings is 1. The van der Waals surface area contributed by atoms with Crippen LogP contribution in [0.15, 0.2) is 0 Å².